The van der Waals surface area contributed by atoms with E-state index in [4.69, 9.17) is 13.0 Å². The Morgan fingerprint density at radius 3 is 2.83 bits per heavy atom. The van der Waals surface area contributed by atoms with Crippen LogP contribution in [0.5, 0.6) is 5.75 Å². The molecular weight excluding hydrogens is 232 g/mol. The van der Waals surface area contributed by atoms with Crippen LogP contribution in [0.3, 0.4) is 0 Å². The van der Waals surface area contributed by atoms with E-state index in [1.54, 1.807) is 18.2 Å². The van der Waals surface area contributed by atoms with E-state index in [9.17, 15) is 9.59 Å². The first kappa shape index (κ1) is 6.58. The summed E-state index contributed by atoms with van der Waals surface area (Å²) < 4.78 is 48.5. The number of Topliss-reactive ketones (excluding diaryl/α,β-unsaturated/α-hetero) is 1. The maximum atomic E-state index is 12.5. The van der Waals surface area contributed by atoms with Crippen molar-refractivity contribution in [1.82, 2.24) is 9.88 Å². The number of carbonyl (C=O) groups excluding carboxylic acids is 2. The van der Waals surface area contributed by atoms with Crippen molar-refractivity contribution >= 4 is 22.6 Å². The van der Waals surface area contributed by atoms with Crippen LogP contribution in [-0.4, -0.2) is 42.6 Å². The van der Waals surface area contributed by atoms with Crippen LogP contribution >= 0.6 is 0 Å². The molecule has 1 aromatic heterocycles. The molecule has 0 aliphatic rings. The van der Waals surface area contributed by atoms with Crippen LogP contribution in [0.2, 0.25) is 0 Å². The van der Waals surface area contributed by atoms with Crippen molar-refractivity contribution in [2.75, 3.05) is 21.1 Å². The molecule has 5 heteroatoms. The topological polar surface area (TPSA) is 62.4 Å². The minimum absolute atomic E-state index is 0.161. The molecule has 0 spiro atoms. The number of fused-ring (bicyclic) bond motifs is 1. The van der Waals surface area contributed by atoms with E-state index in [-0.39, 0.29) is 15.8 Å². The number of ketones is 1. The van der Waals surface area contributed by atoms with Crippen molar-refractivity contribution in [2.45, 2.75) is 0 Å². The molecule has 5 nitrogen and oxygen atoms in total. The zero-order chi connectivity index (χ0) is 18.3. The molecule has 94 valence electrons. The van der Waals surface area contributed by atoms with Gasteiger partial charge in [-0.25, -0.2) is 0 Å². The van der Waals surface area contributed by atoms with Crippen molar-refractivity contribution in [3.63, 3.8) is 0 Å². The van der Waals surface area contributed by atoms with E-state index >= 15 is 0 Å². The molecule has 0 atom stereocenters. The molecule has 0 saturated carbocycles. The molecule has 0 aliphatic heterocycles. The van der Waals surface area contributed by atoms with E-state index in [2.05, 4.69) is 4.98 Å². The molecule has 1 aromatic carbocycles. The summed E-state index contributed by atoms with van der Waals surface area (Å²) in [5, 5.41) is 0.273. The molecule has 1 heterocycles. The Morgan fingerprint density at radius 1 is 1.39 bits per heavy atom. The fourth-order valence-corrected chi connectivity index (χ4v) is 1.72. The smallest absolute Gasteiger partial charge is 0.294 e. The van der Waals surface area contributed by atoms with E-state index in [0.717, 1.165) is 0 Å². The fourth-order valence-electron chi connectivity index (χ4n) is 1.72. The number of benzene rings is 1. The number of H-pyrrole nitrogens is 1. The van der Waals surface area contributed by atoms with Gasteiger partial charge in [-0.1, -0.05) is 6.07 Å². The number of aromatic amines is 1. The predicted molar refractivity (Wildman–Crippen MR) is 67.9 cm³/mol. The molecular formula is C13H14N2O3. The summed E-state index contributed by atoms with van der Waals surface area (Å²) in [4.78, 5) is 27.1. The average molecular weight is 252 g/mol. The molecule has 0 fully saturated rings. The van der Waals surface area contributed by atoms with Gasteiger partial charge in [0.25, 0.3) is 11.7 Å². The van der Waals surface area contributed by atoms with Crippen molar-refractivity contribution in [3.05, 3.63) is 30.0 Å². The monoisotopic (exact) mass is 252 g/mol. The van der Waals surface area contributed by atoms with Gasteiger partial charge in [-0.15, -0.1) is 0 Å². The molecule has 2 rings (SSSR count). The number of rotatable bonds is 3. The van der Waals surface area contributed by atoms with Crippen molar-refractivity contribution < 1.29 is 22.6 Å². The van der Waals surface area contributed by atoms with Crippen LogP contribution in [0.15, 0.2) is 24.4 Å². The van der Waals surface area contributed by atoms with E-state index in [1.807, 2.05) is 0 Å². The Hall–Kier alpha value is -2.30. The first-order valence-corrected chi connectivity index (χ1v) is 5.01. The number of nitrogens with zero attached hydrogens (tertiary/aromatic N) is 1. The van der Waals surface area contributed by atoms with Crippen molar-refractivity contribution in [3.8, 4) is 5.75 Å². The lowest BCUT2D eigenvalue weighted by Gasteiger charge is -2.09. The van der Waals surface area contributed by atoms with Crippen molar-refractivity contribution in [1.29, 1.82) is 0 Å². The molecule has 1 N–H and O–H groups in total. The standard InChI is InChI=1S/C13H14N2O3/c1-15(2)13(17)12(16)8-7-14-9-5-4-6-10(18-3)11(8)9/h4-7,14H,1-3H3/i1D3,2D3. The number of methoxy groups -OCH3 is 1. The Bertz CT molecular complexity index is 779. The second-order valence-corrected chi connectivity index (χ2v) is 3.55. The summed E-state index contributed by atoms with van der Waals surface area (Å²) in [5.41, 5.74) is 0.325. The number of ether oxygens (including phenoxy) is 1. The minimum Gasteiger partial charge on any atom is -0.496 e. The molecule has 18 heavy (non-hydrogen) atoms. The van der Waals surface area contributed by atoms with E-state index < -0.39 is 25.6 Å². The van der Waals surface area contributed by atoms with Gasteiger partial charge in [0.2, 0.25) is 0 Å². The molecule has 2 aromatic rings. The summed E-state index contributed by atoms with van der Waals surface area (Å²) in [6.07, 6.45) is 1.21. The molecule has 0 radical (unpaired) electrons. The highest BCUT2D eigenvalue weighted by Gasteiger charge is 2.23. The van der Waals surface area contributed by atoms with Gasteiger partial charge in [0.1, 0.15) is 5.75 Å². The SMILES string of the molecule is [2H]C([2H])([2H])N(C(=O)C(=O)c1c[nH]c2cccc(OC)c12)C([2H])([2H])[2H]. The first-order valence-electron chi connectivity index (χ1n) is 8.01. The highest BCUT2D eigenvalue weighted by atomic mass is 16.5. The Labute approximate surface area is 113 Å². The van der Waals surface area contributed by atoms with Gasteiger partial charge in [-0.2, -0.15) is 0 Å². The average Bonchev–Trinajstić information content (AvgIpc) is 2.87. The van der Waals surface area contributed by atoms with E-state index in [0.29, 0.717) is 11.3 Å². The number of carbonyl (C=O) groups is 2. The van der Waals surface area contributed by atoms with Gasteiger partial charge in [-0.05, 0) is 12.1 Å². The number of likely N-dealkylation sites (N-methyl/N-ethyl adjacent to an activating group) is 1. The highest BCUT2D eigenvalue weighted by Crippen LogP contribution is 2.28. The number of nitrogens with one attached hydrogen (secondary N) is 1. The number of amides is 1. The first-order chi connectivity index (χ1) is 11.0. The summed E-state index contributed by atoms with van der Waals surface area (Å²) in [6.45, 7) is -6.57. The number of hydrogen-bond acceptors (Lipinski definition) is 3. The second kappa shape index (κ2) is 4.52. The summed E-state index contributed by atoms with van der Waals surface area (Å²) in [5.74, 6) is -2.60. The largest absolute Gasteiger partial charge is 0.496 e. The molecule has 0 saturated heterocycles. The highest BCUT2D eigenvalue weighted by molar-refractivity contribution is 6.45. The number of aromatic nitrogens is 1. The lowest BCUT2D eigenvalue weighted by Crippen LogP contribution is -2.29. The van der Waals surface area contributed by atoms with Crippen LogP contribution in [0.4, 0.5) is 0 Å². The number of hydrogen-bond donors (Lipinski definition) is 1. The zero-order valence-electron chi connectivity index (χ0n) is 15.5. The van der Waals surface area contributed by atoms with Gasteiger partial charge in [0.15, 0.2) is 0 Å². The lowest BCUT2D eigenvalue weighted by atomic mass is 10.1. The van der Waals surface area contributed by atoms with Crippen LogP contribution in [-0.2, 0) is 4.79 Å². The van der Waals surface area contributed by atoms with Crippen LogP contribution in [0.1, 0.15) is 18.6 Å². The maximum Gasteiger partial charge on any atom is 0.294 e. The minimum atomic E-state index is -3.28. The van der Waals surface area contributed by atoms with Crippen molar-refractivity contribution in [2.24, 2.45) is 0 Å². The molecule has 0 aliphatic carbocycles. The second-order valence-electron chi connectivity index (χ2n) is 3.55. The van der Waals surface area contributed by atoms with Gasteiger partial charge < -0.3 is 14.6 Å². The molecule has 0 unspecified atom stereocenters. The third-order valence-electron chi connectivity index (χ3n) is 2.53. The van der Waals surface area contributed by atoms with Gasteiger partial charge >= 0.3 is 0 Å². The molecule has 0 bridgehead atoms. The normalized spacial score (nSPS) is 16.7. The van der Waals surface area contributed by atoms with Gasteiger partial charge in [0, 0.05) is 33.9 Å². The maximum absolute atomic E-state index is 12.5. The van der Waals surface area contributed by atoms with Crippen LogP contribution < -0.4 is 4.74 Å². The lowest BCUT2D eigenvalue weighted by molar-refractivity contribution is -0.124. The predicted octanol–water partition coefficient (Wildman–Crippen LogP) is 1.45. The summed E-state index contributed by atoms with van der Waals surface area (Å²) in [6, 6.07) is 4.85. The zero-order valence-corrected chi connectivity index (χ0v) is 9.48. The Morgan fingerprint density at radius 2 is 2.17 bits per heavy atom. The summed E-state index contributed by atoms with van der Waals surface area (Å²) in [7, 11) is 1.37. The van der Waals surface area contributed by atoms with E-state index in [1.165, 1.54) is 13.3 Å². The third kappa shape index (κ3) is 1.84. The Kier molecular flexibility index (Phi) is 1.65. The Balaban J connectivity index is 2.54. The summed E-state index contributed by atoms with van der Waals surface area (Å²) >= 11 is 0. The third-order valence-corrected chi connectivity index (χ3v) is 2.53. The van der Waals surface area contributed by atoms with Crippen LogP contribution in [0, 0.1) is 0 Å². The fraction of sp³-hybridized carbons (Fsp3) is 0.231. The van der Waals surface area contributed by atoms with Gasteiger partial charge in [-0.3, -0.25) is 9.59 Å². The van der Waals surface area contributed by atoms with Gasteiger partial charge in [0.05, 0.1) is 18.1 Å². The van der Waals surface area contributed by atoms with Crippen LogP contribution in [0.25, 0.3) is 10.9 Å². The molecule has 1 amide bonds. The quantitative estimate of drug-likeness (QED) is 0.664.